The monoisotopic (exact) mass is 431 g/mol. The second kappa shape index (κ2) is 11.9. The minimum Gasteiger partial charge on any atom is -0.493 e. The van der Waals surface area contributed by atoms with Crippen molar-refractivity contribution in [2.45, 2.75) is 63.7 Å². The Morgan fingerprint density at radius 1 is 1.17 bits per heavy atom. The normalized spacial score (nSPS) is 16.0. The van der Waals surface area contributed by atoms with Gasteiger partial charge in [0.2, 0.25) is 0 Å². The summed E-state index contributed by atoms with van der Waals surface area (Å²) in [5.74, 6) is 0.181. The van der Waals surface area contributed by atoms with Crippen molar-refractivity contribution < 1.29 is 27.4 Å². The van der Waals surface area contributed by atoms with Gasteiger partial charge < -0.3 is 25.4 Å². The lowest BCUT2D eigenvalue weighted by molar-refractivity contribution is -0.153. The van der Waals surface area contributed by atoms with Crippen LogP contribution in [-0.2, 0) is 0 Å². The van der Waals surface area contributed by atoms with Gasteiger partial charge in [0.25, 0.3) is 0 Å². The molecule has 6 nitrogen and oxygen atoms in total. The maximum atomic E-state index is 12.3. The molecule has 1 aromatic rings. The van der Waals surface area contributed by atoms with Crippen LogP contribution in [0.2, 0.25) is 0 Å². The average Bonchev–Trinajstić information content (AvgIpc) is 2.72. The van der Waals surface area contributed by atoms with Gasteiger partial charge >= 0.3 is 12.2 Å². The number of nitrogens with one attached hydrogen (secondary N) is 3. The SMILES string of the molecule is COc1cc(C(C)NC(=O)NCCCNC2CCCCC2)ccc1OCC(F)(F)F. The second-order valence-electron chi connectivity index (χ2n) is 7.58. The minimum absolute atomic E-state index is 0.000641. The van der Waals surface area contributed by atoms with Crippen molar-refractivity contribution in [2.75, 3.05) is 26.8 Å². The third-order valence-electron chi connectivity index (χ3n) is 5.10. The topological polar surface area (TPSA) is 71.6 Å². The Morgan fingerprint density at radius 2 is 1.90 bits per heavy atom. The van der Waals surface area contributed by atoms with E-state index in [2.05, 4.69) is 16.0 Å². The average molecular weight is 431 g/mol. The Labute approximate surface area is 175 Å². The van der Waals surface area contributed by atoms with Gasteiger partial charge in [-0.1, -0.05) is 25.3 Å². The number of hydrogen-bond acceptors (Lipinski definition) is 4. The first-order chi connectivity index (χ1) is 14.3. The van der Waals surface area contributed by atoms with E-state index in [0.29, 0.717) is 18.2 Å². The molecule has 0 bridgehead atoms. The number of rotatable bonds is 10. The molecule has 30 heavy (non-hydrogen) atoms. The number of urea groups is 1. The molecule has 0 radical (unpaired) electrons. The fraction of sp³-hybridized carbons (Fsp3) is 0.667. The Bertz CT molecular complexity index is 665. The predicted molar refractivity (Wildman–Crippen MR) is 109 cm³/mol. The molecule has 1 aliphatic carbocycles. The zero-order valence-corrected chi connectivity index (χ0v) is 17.6. The van der Waals surface area contributed by atoms with Gasteiger partial charge in [-0.3, -0.25) is 0 Å². The van der Waals surface area contributed by atoms with Crippen molar-refractivity contribution >= 4 is 6.03 Å². The number of methoxy groups -OCH3 is 1. The molecule has 0 spiro atoms. The summed E-state index contributed by atoms with van der Waals surface area (Å²) in [6.45, 7) is 1.83. The van der Waals surface area contributed by atoms with E-state index in [4.69, 9.17) is 9.47 Å². The summed E-state index contributed by atoms with van der Waals surface area (Å²) in [6.07, 6.45) is 2.78. The molecule has 1 aliphatic rings. The second-order valence-corrected chi connectivity index (χ2v) is 7.58. The summed E-state index contributed by atoms with van der Waals surface area (Å²) in [5, 5.41) is 9.18. The molecule has 2 amide bonds. The molecule has 9 heteroatoms. The smallest absolute Gasteiger partial charge is 0.422 e. The molecule has 3 N–H and O–H groups in total. The van der Waals surface area contributed by atoms with Crippen LogP contribution in [0.25, 0.3) is 0 Å². The van der Waals surface area contributed by atoms with E-state index in [1.165, 1.54) is 45.3 Å². The van der Waals surface area contributed by atoms with Crippen LogP contribution in [0.5, 0.6) is 11.5 Å². The van der Waals surface area contributed by atoms with Gasteiger partial charge in [-0.05, 0) is 50.4 Å². The van der Waals surface area contributed by atoms with E-state index >= 15 is 0 Å². The summed E-state index contributed by atoms with van der Waals surface area (Å²) < 4.78 is 46.9. The largest absolute Gasteiger partial charge is 0.493 e. The minimum atomic E-state index is -4.43. The predicted octanol–water partition coefficient (Wildman–Crippen LogP) is 4.31. The highest BCUT2D eigenvalue weighted by Gasteiger charge is 2.29. The van der Waals surface area contributed by atoms with Crippen LogP contribution in [-0.4, -0.2) is 45.1 Å². The lowest BCUT2D eigenvalue weighted by Crippen LogP contribution is -2.39. The highest BCUT2D eigenvalue weighted by molar-refractivity contribution is 5.74. The zero-order chi connectivity index (χ0) is 22.0. The van der Waals surface area contributed by atoms with Crippen molar-refractivity contribution in [3.8, 4) is 11.5 Å². The zero-order valence-electron chi connectivity index (χ0n) is 17.6. The number of hydrogen-bond donors (Lipinski definition) is 3. The number of halogens is 3. The molecule has 1 fully saturated rings. The van der Waals surface area contributed by atoms with Gasteiger partial charge in [0.15, 0.2) is 18.1 Å². The molecular weight excluding hydrogens is 399 g/mol. The van der Waals surface area contributed by atoms with Crippen LogP contribution >= 0.6 is 0 Å². The van der Waals surface area contributed by atoms with Crippen molar-refractivity contribution in [1.29, 1.82) is 0 Å². The van der Waals surface area contributed by atoms with E-state index < -0.39 is 12.8 Å². The van der Waals surface area contributed by atoms with Crippen LogP contribution < -0.4 is 25.4 Å². The summed E-state index contributed by atoms with van der Waals surface area (Å²) in [7, 11) is 1.35. The van der Waals surface area contributed by atoms with Gasteiger partial charge in [0.05, 0.1) is 13.2 Å². The molecule has 1 saturated carbocycles. The van der Waals surface area contributed by atoms with Crippen molar-refractivity contribution in [3.05, 3.63) is 23.8 Å². The molecule has 1 unspecified atom stereocenters. The molecule has 0 aliphatic heterocycles. The lowest BCUT2D eigenvalue weighted by Gasteiger charge is -2.22. The van der Waals surface area contributed by atoms with Crippen molar-refractivity contribution in [2.24, 2.45) is 0 Å². The van der Waals surface area contributed by atoms with Crippen LogP contribution in [0.4, 0.5) is 18.0 Å². The third kappa shape index (κ3) is 8.69. The quantitative estimate of drug-likeness (QED) is 0.483. The number of carbonyl (C=O) groups excluding carboxylic acids is 1. The van der Waals surface area contributed by atoms with Crippen LogP contribution in [0.3, 0.4) is 0 Å². The van der Waals surface area contributed by atoms with E-state index in [9.17, 15) is 18.0 Å². The summed E-state index contributed by atoms with van der Waals surface area (Å²) in [5.41, 5.74) is 0.695. The first kappa shape index (κ1) is 24.1. The lowest BCUT2D eigenvalue weighted by atomic mass is 9.95. The van der Waals surface area contributed by atoms with E-state index in [1.54, 1.807) is 19.1 Å². The first-order valence-corrected chi connectivity index (χ1v) is 10.4. The van der Waals surface area contributed by atoms with Crippen molar-refractivity contribution in [3.63, 3.8) is 0 Å². The van der Waals surface area contributed by atoms with E-state index in [0.717, 1.165) is 13.0 Å². The van der Waals surface area contributed by atoms with Crippen molar-refractivity contribution in [1.82, 2.24) is 16.0 Å². The Hall–Kier alpha value is -2.16. The van der Waals surface area contributed by atoms with Crippen LogP contribution in [0, 0.1) is 0 Å². The van der Waals surface area contributed by atoms with E-state index in [1.807, 2.05) is 0 Å². The molecule has 0 heterocycles. The highest BCUT2D eigenvalue weighted by atomic mass is 19.4. The number of ether oxygens (including phenoxy) is 2. The molecule has 0 aromatic heterocycles. The standard InChI is InChI=1S/C21H32F3N3O3/c1-15(16-9-10-18(19(13-16)29-2)30-14-21(22,23)24)27-20(28)26-12-6-11-25-17-7-4-3-5-8-17/h9-10,13,15,17,25H,3-8,11-12,14H2,1-2H3,(H2,26,27,28). The van der Waals surface area contributed by atoms with Gasteiger partial charge in [0, 0.05) is 12.6 Å². The van der Waals surface area contributed by atoms with Gasteiger partial charge in [-0.2, -0.15) is 13.2 Å². The number of amides is 2. The highest BCUT2D eigenvalue weighted by Crippen LogP contribution is 2.31. The summed E-state index contributed by atoms with van der Waals surface area (Å²) in [6, 6.07) is 4.53. The Balaban J connectivity index is 1.73. The number of carbonyl (C=O) groups is 1. The molecule has 2 rings (SSSR count). The van der Waals surface area contributed by atoms with E-state index in [-0.39, 0.29) is 23.6 Å². The Morgan fingerprint density at radius 3 is 2.57 bits per heavy atom. The molecular formula is C21H32F3N3O3. The number of alkyl halides is 3. The van der Waals surface area contributed by atoms with Crippen LogP contribution in [0.1, 0.15) is 57.1 Å². The van der Waals surface area contributed by atoms with Gasteiger partial charge in [-0.15, -0.1) is 0 Å². The molecule has 1 aromatic carbocycles. The first-order valence-electron chi connectivity index (χ1n) is 10.4. The number of benzene rings is 1. The van der Waals surface area contributed by atoms with Crippen LogP contribution in [0.15, 0.2) is 18.2 Å². The van der Waals surface area contributed by atoms with Gasteiger partial charge in [-0.25, -0.2) is 4.79 Å². The molecule has 170 valence electrons. The summed E-state index contributed by atoms with van der Waals surface area (Å²) >= 11 is 0. The maximum Gasteiger partial charge on any atom is 0.422 e. The molecule has 0 saturated heterocycles. The molecule has 1 atom stereocenters. The van der Waals surface area contributed by atoms with Gasteiger partial charge in [0.1, 0.15) is 0 Å². The summed E-state index contributed by atoms with van der Waals surface area (Å²) in [4.78, 5) is 12.1. The fourth-order valence-corrected chi connectivity index (χ4v) is 3.47. The third-order valence-corrected chi connectivity index (χ3v) is 5.10. The Kier molecular flexibility index (Phi) is 9.55. The fourth-order valence-electron chi connectivity index (χ4n) is 3.47. The maximum absolute atomic E-state index is 12.3.